The molecule has 1 N–H and O–H groups in total. The van der Waals surface area contributed by atoms with Crippen molar-refractivity contribution in [1.82, 2.24) is 29.3 Å². The Balaban J connectivity index is 1.38. The molecule has 10 heteroatoms. The Morgan fingerprint density at radius 2 is 1.94 bits per heavy atom. The number of likely N-dealkylation sites (N-methyl/N-ethyl adjacent to an activating group) is 1. The van der Waals surface area contributed by atoms with Crippen molar-refractivity contribution in [2.45, 2.75) is 19.4 Å². The first-order valence-corrected chi connectivity index (χ1v) is 11.6. The Labute approximate surface area is 208 Å². The van der Waals surface area contributed by atoms with Gasteiger partial charge in [-0.2, -0.15) is 10.2 Å². The van der Waals surface area contributed by atoms with Crippen LogP contribution in [0.4, 0.5) is 15.9 Å². The van der Waals surface area contributed by atoms with Gasteiger partial charge in [0.15, 0.2) is 12.1 Å². The molecule has 186 valence electrons. The molecular formula is C26H28FN7O2. The van der Waals surface area contributed by atoms with Crippen molar-refractivity contribution >= 4 is 27.9 Å². The molecule has 3 heterocycles. The second kappa shape index (κ2) is 10.4. The highest BCUT2D eigenvalue weighted by Crippen LogP contribution is 2.26. The SMILES string of the molecule is COC(CN(C)Cc1ccn2ncnc(Nc3ccc4c(cnn4Cc4cccc(F)c4)c3)c12)OC. The maximum atomic E-state index is 13.6. The molecule has 0 saturated carbocycles. The smallest absolute Gasteiger partial charge is 0.169 e. The standard InChI is InChI=1S/C26H28FN7O2/c1-32(16-24(35-2)36-3)15-19-9-10-33-25(19)26(28-17-30-33)31-22-7-8-23-20(12-22)13-29-34(23)14-18-5-4-6-21(27)11-18/h4-13,17,24H,14-16H2,1-3H3,(H,28,30,31). The van der Waals surface area contributed by atoms with Gasteiger partial charge < -0.3 is 14.8 Å². The van der Waals surface area contributed by atoms with E-state index >= 15 is 0 Å². The molecule has 0 fully saturated rings. The lowest BCUT2D eigenvalue weighted by Gasteiger charge is -2.21. The fourth-order valence-corrected chi connectivity index (χ4v) is 4.33. The van der Waals surface area contributed by atoms with E-state index in [2.05, 4.69) is 25.4 Å². The van der Waals surface area contributed by atoms with Crippen LogP contribution < -0.4 is 5.32 Å². The lowest BCUT2D eigenvalue weighted by atomic mass is 10.2. The van der Waals surface area contributed by atoms with Crippen LogP contribution in [0.25, 0.3) is 16.4 Å². The minimum absolute atomic E-state index is 0.250. The molecular weight excluding hydrogens is 461 g/mol. The van der Waals surface area contributed by atoms with E-state index in [0.717, 1.165) is 33.2 Å². The summed E-state index contributed by atoms with van der Waals surface area (Å²) in [6, 6.07) is 14.6. The molecule has 3 aromatic heterocycles. The molecule has 5 aromatic rings. The van der Waals surface area contributed by atoms with Gasteiger partial charge in [0.1, 0.15) is 17.7 Å². The number of benzene rings is 2. The molecule has 0 amide bonds. The molecule has 5 rings (SSSR count). The number of anilines is 2. The average Bonchev–Trinajstić information content (AvgIpc) is 3.47. The normalized spacial score (nSPS) is 11.8. The Morgan fingerprint density at radius 3 is 2.75 bits per heavy atom. The zero-order valence-electron chi connectivity index (χ0n) is 20.4. The van der Waals surface area contributed by atoms with Crippen molar-refractivity contribution in [3.63, 3.8) is 0 Å². The van der Waals surface area contributed by atoms with E-state index in [1.165, 1.54) is 18.5 Å². The first-order chi connectivity index (χ1) is 17.5. The van der Waals surface area contributed by atoms with Crippen molar-refractivity contribution in [3.05, 3.63) is 84.2 Å². The van der Waals surface area contributed by atoms with Crippen molar-refractivity contribution in [2.75, 3.05) is 33.1 Å². The van der Waals surface area contributed by atoms with Crippen LogP contribution in [-0.4, -0.2) is 63.4 Å². The summed E-state index contributed by atoms with van der Waals surface area (Å²) >= 11 is 0. The zero-order chi connectivity index (χ0) is 25.1. The predicted octanol–water partition coefficient (Wildman–Crippen LogP) is 4.06. The second-order valence-corrected chi connectivity index (χ2v) is 8.67. The third-order valence-corrected chi connectivity index (χ3v) is 6.09. The van der Waals surface area contributed by atoms with Crippen LogP contribution in [-0.2, 0) is 22.6 Å². The number of rotatable bonds is 10. The molecule has 0 spiro atoms. The number of fused-ring (bicyclic) bond motifs is 2. The average molecular weight is 490 g/mol. The van der Waals surface area contributed by atoms with Crippen LogP contribution in [0, 0.1) is 5.82 Å². The molecule has 0 aliphatic carbocycles. The van der Waals surface area contributed by atoms with Crippen molar-refractivity contribution in [3.8, 4) is 0 Å². The van der Waals surface area contributed by atoms with Gasteiger partial charge in [-0.15, -0.1) is 0 Å². The second-order valence-electron chi connectivity index (χ2n) is 8.67. The summed E-state index contributed by atoms with van der Waals surface area (Å²) in [6.45, 7) is 1.79. The predicted molar refractivity (Wildman–Crippen MR) is 136 cm³/mol. The minimum Gasteiger partial charge on any atom is -0.355 e. The topological polar surface area (TPSA) is 81.7 Å². The molecule has 0 radical (unpaired) electrons. The molecule has 0 aliphatic heterocycles. The fraction of sp³-hybridized carbons (Fsp3) is 0.269. The maximum Gasteiger partial charge on any atom is 0.169 e. The molecule has 2 aromatic carbocycles. The molecule has 0 bridgehead atoms. The highest BCUT2D eigenvalue weighted by Gasteiger charge is 2.15. The lowest BCUT2D eigenvalue weighted by molar-refractivity contribution is -0.114. The van der Waals surface area contributed by atoms with E-state index in [9.17, 15) is 4.39 Å². The quantitative estimate of drug-likeness (QED) is 0.296. The van der Waals surface area contributed by atoms with Gasteiger partial charge in [-0.3, -0.25) is 9.58 Å². The van der Waals surface area contributed by atoms with Crippen molar-refractivity contribution in [2.24, 2.45) is 0 Å². The summed E-state index contributed by atoms with van der Waals surface area (Å²) in [5.41, 5.74) is 4.69. The maximum absolute atomic E-state index is 13.6. The number of nitrogens with zero attached hydrogens (tertiary/aromatic N) is 6. The number of ether oxygens (including phenoxy) is 2. The summed E-state index contributed by atoms with van der Waals surface area (Å²) in [4.78, 5) is 6.65. The summed E-state index contributed by atoms with van der Waals surface area (Å²) in [5.74, 6) is 0.458. The van der Waals surface area contributed by atoms with E-state index in [1.807, 2.05) is 59.0 Å². The Morgan fingerprint density at radius 1 is 1.08 bits per heavy atom. The monoisotopic (exact) mass is 489 g/mol. The van der Waals surface area contributed by atoms with Gasteiger partial charge in [0.25, 0.3) is 0 Å². The first kappa shape index (κ1) is 23.9. The molecule has 0 saturated heterocycles. The highest BCUT2D eigenvalue weighted by molar-refractivity contribution is 5.85. The third kappa shape index (κ3) is 5.06. The van der Waals surface area contributed by atoms with Gasteiger partial charge in [-0.05, 0) is 54.6 Å². The van der Waals surface area contributed by atoms with Gasteiger partial charge in [0, 0.05) is 44.6 Å². The number of hydrogen-bond donors (Lipinski definition) is 1. The summed E-state index contributed by atoms with van der Waals surface area (Å²) in [6.07, 6.45) is 4.97. The van der Waals surface area contributed by atoms with Crippen LogP contribution in [0.5, 0.6) is 0 Å². The number of methoxy groups -OCH3 is 2. The minimum atomic E-state index is -0.300. The Bertz CT molecular complexity index is 1480. The lowest BCUT2D eigenvalue weighted by Crippen LogP contribution is -2.31. The van der Waals surface area contributed by atoms with Gasteiger partial charge in [-0.1, -0.05) is 12.1 Å². The van der Waals surface area contributed by atoms with Crippen LogP contribution in [0.3, 0.4) is 0 Å². The van der Waals surface area contributed by atoms with E-state index in [4.69, 9.17) is 9.47 Å². The van der Waals surface area contributed by atoms with Gasteiger partial charge in [0.05, 0.1) is 18.3 Å². The Hall–Kier alpha value is -3.86. The number of aromatic nitrogens is 5. The first-order valence-electron chi connectivity index (χ1n) is 11.6. The molecule has 0 aliphatic rings. The van der Waals surface area contributed by atoms with Gasteiger partial charge in [0.2, 0.25) is 0 Å². The molecule has 36 heavy (non-hydrogen) atoms. The summed E-state index contributed by atoms with van der Waals surface area (Å²) in [5, 5.41) is 13.3. The molecule has 9 nitrogen and oxygen atoms in total. The third-order valence-electron chi connectivity index (χ3n) is 6.09. The van der Waals surface area contributed by atoms with E-state index in [-0.39, 0.29) is 12.1 Å². The number of hydrogen-bond acceptors (Lipinski definition) is 7. The summed E-state index contributed by atoms with van der Waals surface area (Å²) in [7, 11) is 5.28. The van der Waals surface area contributed by atoms with E-state index in [0.29, 0.717) is 25.5 Å². The van der Waals surface area contributed by atoms with E-state index < -0.39 is 0 Å². The van der Waals surface area contributed by atoms with Crippen LogP contribution in [0.15, 0.2) is 67.3 Å². The van der Waals surface area contributed by atoms with Gasteiger partial charge in [-0.25, -0.2) is 13.9 Å². The van der Waals surface area contributed by atoms with E-state index in [1.54, 1.807) is 20.3 Å². The van der Waals surface area contributed by atoms with Gasteiger partial charge >= 0.3 is 0 Å². The highest BCUT2D eigenvalue weighted by atomic mass is 19.1. The zero-order valence-corrected chi connectivity index (χ0v) is 20.4. The van der Waals surface area contributed by atoms with Crippen LogP contribution in [0.2, 0.25) is 0 Å². The summed E-state index contributed by atoms with van der Waals surface area (Å²) < 4.78 is 27.9. The largest absolute Gasteiger partial charge is 0.355 e. The van der Waals surface area contributed by atoms with Crippen molar-refractivity contribution < 1.29 is 13.9 Å². The Kier molecular flexibility index (Phi) is 6.90. The fourth-order valence-electron chi connectivity index (χ4n) is 4.33. The van der Waals surface area contributed by atoms with Crippen LogP contribution in [0.1, 0.15) is 11.1 Å². The number of halogens is 1. The molecule has 0 atom stereocenters. The van der Waals surface area contributed by atoms with Crippen molar-refractivity contribution in [1.29, 1.82) is 0 Å². The van der Waals surface area contributed by atoms with Crippen LogP contribution >= 0.6 is 0 Å². The molecule has 0 unspecified atom stereocenters. The number of nitrogens with one attached hydrogen (secondary N) is 1.